The number of unbranched alkanes of at least 4 members (excludes halogenated alkanes) is 6. The number of nitrogens with two attached hydrogens (primary N) is 8. The average molecular weight is 1680 g/mol. The molecule has 12 amide bonds. The van der Waals surface area contributed by atoms with E-state index in [1.807, 2.05) is 93.6 Å². The molecule has 15 atom stereocenters. The molecule has 0 radical (unpaired) electrons. The topological polar surface area (TPSA) is 593 Å². The van der Waals surface area contributed by atoms with Crippen molar-refractivity contribution in [1.29, 1.82) is 0 Å². The van der Waals surface area contributed by atoms with Gasteiger partial charge in [0, 0.05) is 64.1 Å². The van der Waals surface area contributed by atoms with Crippen LogP contribution >= 0.6 is 0 Å². The van der Waals surface area contributed by atoms with Gasteiger partial charge in [-0.2, -0.15) is 0 Å². The molecule has 0 saturated carbocycles. The van der Waals surface area contributed by atoms with E-state index in [1.54, 1.807) is 39.4 Å². The summed E-state index contributed by atoms with van der Waals surface area (Å²) in [7, 11) is 0. The van der Waals surface area contributed by atoms with Gasteiger partial charge in [-0.3, -0.25) is 57.5 Å². The van der Waals surface area contributed by atoms with Crippen molar-refractivity contribution in [2.45, 2.75) is 268 Å². The van der Waals surface area contributed by atoms with E-state index in [0.717, 1.165) is 38.3 Å². The number of benzene rings is 3. The van der Waals surface area contributed by atoms with Crippen LogP contribution in [0.3, 0.4) is 0 Å². The maximum atomic E-state index is 15.4. The van der Waals surface area contributed by atoms with Gasteiger partial charge in [0.15, 0.2) is 0 Å². The van der Waals surface area contributed by atoms with E-state index in [2.05, 4.69) is 73.4 Å². The molecule has 0 unspecified atom stereocenters. The van der Waals surface area contributed by atoms with Crippen LogP contribution in [-0.2, 0) is 76.8 Å². The molecular formula is C87H138N22O12. The summed E-state index contributed by atoms with van der Waals surface area (Å²) in [5.74, 6) is -10.3. The van der Waals surface area contributed by atoms with Crippen molar-refractivity contribution in [2.24, 2.45) is 63.6 Å². The van der Waals surface area contributed by atoms with Gasteiger partial charge >= 0.3 is 0 Å². The maximum Gasteiger partial charge on any atom is 0.243 e. The summed E-state index contributed by atoms with van der Waals surface area (Å²) in [4.78, 5) is 186. The minimum absolute atomic E-state index is 0.00783. The van der Waals surface area contributed by atoms with Gasteiger partial charge in [-0.25, -0.2) is 0 Å². The fraction of sp³-hybridized carbons (Fsp3) is 0.586. The standard InChI is InChI=1S/C87H138N22O12/c1-7-52(4)73(85(119)99-65(76(95)110)34-16-22-40-88)107-81(115)69(38-20-26-44-92)101-83(117)71(47-56-50-97-63-32-14-11-29-59(56)63)105-79(113)67(36-18-24-42-90)104-87(121)75(54(6)9-3)109-82(116)70(39-21-27-45-93)102-84(118)72(48-57-51-98-64-33-15-12-30-60(57)64)106-78(112)66(35-17-23-41-89)103-86(120)74(53(5)8-2)108-80(114)68(37-19-25-43-91)100-77(111)61(94)46-55-49-96-62-31-13-10-28-58(55)62/h10-15,28-33,49-54,61,65-75,96-98H,7-9,16-27,34-48,88-94H2,1-6H3,(H2,95,110)(H,99,119)(H,100,111)(H,101,117)(H,102,118)(H,103,120)(H,104,121)(H,105,113)(H,106,112)(H,107,115)(H,108,114)(H,109,116)/t52-,53-,54-,61-,65-,66-,67-,68-,69-,70-,71-,72-,73-,74-,75-/m0/s1. The number of primary amides is 1. The number of aromatic amines is 3. The lowest BCUT2D eigenvalue weighted by atomic mass is 9.96. The van der Waals surface area contributed by atoms with Gasteiger partial charge in [0.2, 0.25) is 70.9 Å². The zero-order chi connectivity index (χ0) is 88.5. The van der Waals surface area contributed by atoms with Crippen molar-refractivity contribution >= 4 is 104 Å². The Morgan fingerprint density at radius 1 is 0.289 bits per heavy atom. The number of hydrogen-bond donors (Lipinski definition) is 22. The molecule has 0 aliphatic heterocycles. The fourth-order valence-corrected chi connectivity index (χ4v) is 14.7. The molecule has 34 heteroatoms. The number of hydrogen-bond acceptors (Lipinski definition) is 19. The lowest BCUT2D eigenvalue weighted by molar-refractivity contribution is -0.137. The first kappa shape index (κ1) is 99.5. The summed E-state index contributed by atoms with van der Waals surface area (Å²) in [6.07, 6.45) is 12.0. The highest BCUT2D eigenvalue weighted by Crippen LogP contribution is 2.25. The highest BCUT2D eigenvalue weighted by molar-refractivity contribution is 6.01. The van der Waals surface area contributed by atoms with Crippen LogP contribution in [-0.4, -0.2) is 198 Å². The Labute approximate surface area is 710 Å². The first-order valence-corrected chi connectivity index (χ1v) is 43.4. The predicted molar refractivity (Wildman–Crippen MR) is 470 cm³/mol. The smallest absolute Gasteiger partial charge is 0.243 e. The van der Waals surface area contributed by atoms with Crippen LogP contribution in [0, 0.1) is 17.8 Å². The van der Waals surface area contributed by atoms with Gasteiger partial charge in [0.1, 0.15) is 66.5 Å². The Kier molecular flexibility index (Phi) is 43.4. The van der Waals surface area contributed by atoms with Crippen LogP contribution in [0.15, 0.2) is 91.4 Å². The zero-order valence-electron chi connectivity index (χ0n) is 71.6. The van der Waals surface area contributed by atoms with Crippen molar-refractivity contribution < 1.29 is 57.5 Å². The van der Waals surface area contributed by atoms with E-state index >= 15 is 28.8 Å². The van der Waals surface area contributed by atoms with E-state index < -0.39 is 161 Å². The Morgan fingerprint density at radius 3 is 0.785 bits per heavy atom. The molecule has 0 spiro atoms. The molecule has 0 aliphatic carbocycles. The van der Waals surface area contributed by atoms with Crippen LogP contribution in [0.2, 0.25) is 0 Å². The monoisotopic (exact) mass is 1680 g/mol. The minimum atomic E-state index is -1.43. The third kappa shape index (κ3) is 31.2. The lowest BCUT2D eigenvalue weighted by Crippen LogP contribution is -2.62. The first-order valence-electron chi connectivity index (χ1n) is 43.4. The molecule has 30 N–H and O–H groups in total. The van der Waals surface area contributed by atoms with Crippen molar-refractivity contribution in [3.8, 4) is 0 Å². The summed E-state index contributed by atoms with van der Waals surface area (Å²) in [5, 5.41) is 33.9. The normalized spacial score (nSPS) is 15.2. The van der Waals surface area contributed by atoms with E-state index in [-0.39, 0.29) is 84.0 Å². The maximum absolute atomic E-state index is 15.4. The molecule has 121 heavy (non-hydrogen) atoms. The average Bonchev–Trinajstić information content (AvgIpc) is 1.57. The minimum Gasteiger partial charge on any atom is -0.368 e. The summed E-state index contributed by atoms with van der Waals surface area (Å²) < 4.78 is 0. The summed E-state index contributed by atoms with van der Waals surface area (Å²) in [5.41, 5.74) is 52.1. The SMILES string of the molecule is CC[C@H](C)[C@H](NC(=O)[C@H](CCCCN)NC(=O)[C@H](Cc1c[nH]c2ccccc12)NC(=O)[C@H](CCCCN)NC(=O)[C@@H](NC(=O)[C@H](CCCCN)NC(=O)[C@H](Cc1c[nH]c2ccccc12)NC(=O)[C@H](CCCCN)NC(=O)[C@@H](NC(=O)[C@H](CCCCN)NC(=O)[C@@H](N)Cc1c[nH]c2ccccc12)[C@@H](C)CC)[C@@H](C)CC)C(=O)N[C@@H](CCCCN)C(N)=O. The number of amides is 12. The highest BCUT2D eigenvalue weighted by Gasteiger charge is 2.40. The molecule has 34 nitrogen and oxygen atoms in total. The van der Waals surface area contributed by atoms with Crippen LogP contribution in [0.1, 0.15) is 193 Å². The second kappa shape index (κ2) is 52.7. The fourth-order valence-electron chi connectivity index (χ4n) is 14.7. The molecule has 0 bridgehead atoms. The van der Waals surface area contributed by atoms with Crippen molar-refractivity contribution in [1.82, 2.24) is 73.4 Å². The molecule has 0 aliphatic rings. The van der Waals surface area contributed by atoms with E-state index in [0.29, 0.717) is 121 Å². The Bertz CT molecular complexity index is 4280. The van der Waals surface area contributed by atoms with Crippen molar-refractivity contribution in [3.63, 3.8) is 0 Å². The van der Waals surface area contributed by atoms with Crippen LogP contribution in [0.4, 0.5) is 0 Å². The number of nitrogens with one attached hydrogen (secondary N) is 14. The number of carbonyl (C=O) groups excluding carboxylic acids is 12. The molecule has 668 valence electrons. The third-order valence-corrected chi connectivity index (χ3v) is 22.8. The molecule has 3 aromatic heterocycles. The second-order valence-corrected chi connectivity index (χ2v) is 32.0. The Hall–Kier alpha value is -10.4. The summed E-state index contributed by atoms with van der Waals surface area (Å²) in [6.45, 7) is 12.4. The van der Waals surface area contributed by atoms with Gasteiger partial charge in [0.05, 0.1) is 6.04 Å². The van der Waals surface area contributed by atoms with Gasteiger partial charge < -0.3 is 119 Å². The number of rotatable bonds is 59. The van der Waals surface area contributed by atoms with Crippen molar-refractivity contribution in [3.05, 3.63) is 108 Å². The van der Waals surface area contributed by atoms with Crippen LogP contribution in [0.25, 0.3) is 32.7 Å². The molecule has 6 rings (SSSR count). The van der Waals surface area contributed by atoms with Gasteiger partial charge in [0.25, 0.3) is 0 Å². The van der Waals surface area contributed by atoms with Crippen LogP contribution < -0.4 is 104 Å². The Morgan fingerprint density at radius 2 is 0.512 bits per heavy atom. The lowest BCUT2D eigenvalue weighted by Gasteiger charge is -2.30. The van der Waals surface area contributed by atoms with Crippen molar-refractivity contribution in [2.75, 3.05) is 39.3 Å². The second-order valence-electron chi connectivity index (χ2n) is 32.0. The van der Waals surface area contributed by atoms with Crippen LogP contribution in [0.5, 0.6) is 0 Å². The van der Waals surface area contributed by atoms with Gasteiger partial charge in [-0.05, 0) is 214 Å². The largest absolute Gasteiger partial charge is 0.368 e. The number of carbonyl (C=O) groups is 12. The molecule has 3 heterocycles. The molecular weight excluding hydrogens is 1550 g/mol. The predicted octanol–water partition coefficient (Wildman–Crippen LogP) is 2.22. The summed E-state index contributed by atoms with van der Waals surface area (Å²) >= 11 is 0. The number of H-pyrrole nitrogens is 3. The van der Waals surface area contributed by atoms with E-state index in [9.17, 15) is 28.8 Å². The molecule has 0 saturated heterocycles. The highest BCUT2D eigenvalue weighted by atomic mass is 16.2. The van der Waals surface area contributed by atoms with E-state index in [1.165, 1.54) is 0 Å². The van der Waals surface area contributed by atoms with Gasteiger partial charge in [-0.1, -0.05) is 115 Å². The first-order chi connectivity index (χ1) is 58.2. The molecule has 0 fully saturated rings. The zero-order valence-corrected chi connectivity index (χ0v) is 71.6. The number of fused-ring (bicyclic) bond motifs is 3. The van der Waals surface area contributed by atoms with Gasteiger partial charge in [-0.15, -0.1) is 0 Å². The third-order valence-electron chi connectivity index (χ3n) is 22.8. The number of para-hydroxylation sites is 3. The quantitative estimate of drug-likeness (QED) is 0.0243. The molecule has 3 aromatic carbocycles. The summed E-state index contributed by atoms with van der Waals surface area (Å²) in [6, 6.07) is 7.18. The number of aromatic nitrogens is 3. The Balaban J connectivity index is 1.28. The van der Waals surface area contributed by atoms with E-state index in [4.69, 9.17) is 45.9 Å². The molecule has 6 aromatic rings.